The molecule has 202 valence electrons. The van der Waals surface area contributed by atoms with Gasteiger partial charge < -0.3 is 10.1 Å². The van der Waals surface area contributed by atoms with Gasteiger partial charge >= 0.3 is 0 Å². The Kier molecular flexibility index (Phi) is 7.76. The molecule has 7 nitrogen and oxygen atoms in total. The summed E-state index contributed by atoms with van der Waals surface area (Å²) >= 11 is 3.37. The largest absolute Gasteiger partial charge is 0.457 e. The first kappa shape index (κ1) is 27.2. The zero-order valence-corrected chi connectivity index (χ0v) is 23.0. The summed E-state index contributed by atoms with van der Waals surface area (Å²) in [7, 11) is -4.18. The van der Waals surface area contributed by atoms with E-state index in [4.69, 9.17) is 4.74 Å². The molecule has 5 aromatic rings. The van der Waals surface area contributed by atoms with Crippen LogP contribution in [0.3, 0.4) is 0 Å². The monoisotopic (exact) mass is 623 g/mol. The first-order valence-corrected chi connectivity index (χ1v) is 14.1. The van der Waals surface area contributed by atoms with Crippen molar-refractivity contribution in [2.75, 3.05) is 4.72 Å². The van der Waals surface area contributed by atoms with Gasteiger partial charge in [-0.2, -0.15) is 0 Å². The SMILES string of the molecule is O=C(NCc1ccc(F)c(F)c1)c1cc(Oc2cccc(Br)c2)ccc1NS(=O)(=O)c1cccc2cccnc12. The van der Waals surface area contributed by atoms with Crippen molar-refractivity contribution in [3.8, 4) is 11.5 Å². The number of carbonyl (C=O) groups is 1. The fraction of sp³-hybridized carbons (Fsp3) is 0.0345. The average Bonchev–Trinajstić information content (AvgIpc) is 2.94. The molecule has 0 bridgehead atoms. The van der Waals surface area contributed by atoms with Gasteiger partial charge in [0.25, 0.3) is 15.9 Å². The Morgan fingerprint density at radius 2 is 1.65 bits per heavy atom. The molecule has 0 radical (unpaired) electrons. The van der Waals surface area contributed by atoms with Gasteiger partial charge in [-0.15, -0.1) is 0 Å². The third-order valence-electron chi connectivity index (χ3n) is 5.83. The normalized spacial score (nSPS) is 11.3. The van der Waals surface area contributed by atoms with E-state index in [0.717, 1.165) is 16.6 Å². The predicted octanol–water partition coefficient (Wildman–Crippen LogP) is 6.80. The van der Waals surface area contributed by atoms with E-state index in [2.05, 4.69) is 31.0 Å². The Morgan fingerprint density at radius 1 is 0.875 bits per heavy atom. The van der Waals surface area contributed by atoms with Crippen molar-refractivity contribution in [3.05, 3.63) is 124 Å². The van der Waals surface area contributed by atoms with Crippen LogP contribution in [0.15, 0.2) is 107 Å². The number of benzene rings is 4. The number of aromatic nitrogens is 1. The maximum absolute atomic E-state index is 13.6. The minimum Gasteiger partial charge on any atom is -0.457 e. The molecule has 0 fully saturated rings. The van der Waals surface area contributed by atoms with Crippen LogP contribution in [-0.4, -0.2) is 19.3 Å². The number of amides is 1. The van der Waals surface area contributed by atoms with Crippen LogP contribution >= 0.6 is 15.9 Å². The van der Waals surface area contributed by atoms with Crippen LogP contribution < -0.4 is 14.8 Å². The maximum Gasteiger partial charge on any atom is 0.264 e. The molecular weight excluding hydrogens is 604 g/mol. The molecular formula is C29H20BrF2N3O4S. The lowest BCUT2D eigenvalue weighted by Crippen LogP contribution is -2.25. The van der Waals surface area contributed by atoms with Crippen molar-refractivity contribution in [3.63, 3.8) is 0 Å². The van der Waals surface area contributed by atoms with E-state index in [1.807, 2.05) is 6.07 Å². The molecule has 0 saturated carbocycles. The van der Waals surface area contributed by atoms with Gasteiger partial charge in [-0.25, -0.2) is 17.2 Å². The third-order valence-corrected chi connectivity index (χ3v) is 7.72. The number of halogens is 3. The first-order chi connectivity index (χ1) is 19.2. The Hall–Kier alpha value is -4.35. The molecule has 1 amide bonds. The summed E-state index contributed by atoms with van der Waals surface area (Å²) in [4.78, 5) is 17.4. The number of rotatable bonds is 8. The lowest BCUT2D eigenvalue weighted by molar-refractivity contribution is 0.0951. The van der Waals surface area contributed by atoms with Crippen LogP contribution in [0.2, 0.25) is 0 Å². The molecule has 2 N–H and O–H groups in total. The third kappa shape index (κ3) is 6.11. The van der Waals surface area contributed by atoms with Crippen LogP contribution in [0.4, 0.5) is 14.5 Å². The fourth-order valence-electron chi connectivity index (χ4n) is 3.95. The van der Waals surface area contributed by atoms with Crippen molar-refractivity contribution < 1.29 is 26.7 Å². The molecule has 0 aliphatic carbocycles. The van der Waals surface area contributed by atoms with E-state index in [-0.39, 0.29) is 34.0 Å². The minimum atomic E-state index is -4.18. The number of carbonyl (C=O) groups excluding carboxylic acids is 1. The number of sulfonamides is 1. The van der Waals surface area contributed by atoms with E-state index in [1.165, 1.54) is 36.5 Å². The summed E-state index contributed by atoms with van der Waals surface area (Å²) in [6.45, 7) is -0.133. The van der Waals surface area contributed by atoms with Crippen LogP contribution in [-0.2, 0) is 16.6 Å². The highest BCUT2D eigenvalue weighted by molar-refractivity contribution is 9.10. The second kappa shape index (κ2) is 11.4. The summed E-state index contributed by atoms with van der Waals surface area (Å²) in [5.41, 5.74) is 0.526. The summed E-state index contributed by atoms with van der Waals surface area (Å²) in [5.74, 6) is -1.97. The van der Waals surface area contributed by atoms with Gasteiger partial charge in [-0.05, 0) is 66.2 Å². The van der Waals surface area contributed by atoms with Crippen molar-refractivity contribution in [2.45, 2.75) is 11.4 Å². The highest BCUT2D eigenvalue weighted by Crippen LogP contribution is 2.30. The summed E-state index contributed by atoms with van der Waals surface area (Å²) < 4.78 is 63.0. The number of pyridine rings is 1. The molecule has 40 heavy (non-hydrogen) atoms. The highest BCUT2D eigenvalue weighted by atomic mass is 79.9. The Balaban J connectivity index is 1.49. The Morgan fingerprint density at radius 3 is 2.45 bits per heavy atom. The summed E-state index contributed by atoms with van der Waals surface area (Å²) in [6.07, 6.45) is 1.49. The van der Waals surface area contributed by atoms with E-state index in [1.54, 1.807) is 42.5 Å². The summed E-state index contributed by atoms with van der Waals surface area (Å²) in [6, 6.07) is 22.8. The van der Waals surface area contributed by atoms with Crippen LogP contribution in [0.25, 0.3) is 10.9 Å². The Bertz CT molecular complexity index is 1850. The van der Waals surface area contributed by atoms with E-state index < -0.39 is 27.6 Å². The van der Waals surface area contributed by atoms with Gasteiger partial charge in [0.1, 0.15) is 16.4 Å². The number of hydrogen-bond donors (Lipinski definition) is 2. The molecule has 0 aliphatic rings. The number of nitrogens with one attached hydrogen (secondary N) is 2. The number of para-hydroxylation sites is 1. The Labute approximate surface area is 237 Å². The molecule has 1 aromatic heterocycles. The van der Waals surface area contributed by atoms with Crippen LogP contribution in [0, 0.1) is 11.6 Å². The zero-order chi connectivity index (χ0) is 28.3. The zero-order valence-electron chi connectivity index (χ0n) is 20.6. The quantitative estimate of drug-likeness (QED) is 0.198. The standard InChI is InChI=1S/C29H20BrF2N3O4S/c30-20-6-2-7-21(15-20)39-22-10-12-26(23(16-22)29(36)34-17-18-9-11-24(31)25(32)14-18)35-40(37,38)27-8-1-4-19-5-3-13-33-28(19)27/h1-16,35H,17H2,(H,34,36). The number of hydrogen-bond acceptors (Lipinski definition) is 5. The van der Waals surface area contributed by atoms with Crippen molar-refractivity contribution in [2.24, 2.45) is 0 Å². The lowest BCUT2D eigenvalue weighted by atomic mass is 10.1. The minimum absolute atomic E-state index is 0.0164. The number of anilines is 1. The second-order valence-electron chi connectivity index (χ2n) is 8.63. The lowest BCUT2D eigenvalue weighted by Gasteiger charge is -2.16. The molecule has 0 spiro atoms. The van der Waals surface area contributed by atoms with Crippen molar-refractivity contribution in [1.29, 1.82) is 0 Å². The maximum atomic E-state index is 13.6. The molecule has 1 heterocycles. The van der Waals surface area contributed by atoms with Crippen molar-refractivity contribution in [1.82, 2.24) is 10.3 Å². The van der Waals surface area contributed by atoms with E-state index in [0.29, 0.717) is 16.7 Å². The highest BCUT2D eigenvalue weighted by Gasteiger charge is 2.22. The van der Waals surface area contributed by atoms with Gasteiger partial charge in [-0.1, -0.05) is 46.3 Å². The topological polar surface area (TPSA) is 97.4 Å². The van der Waals surface area contributed by atoms with Gasteiger partial charge in [0.2, 0.25) is 0 Å². The molecule has 11 heteroatoms. The van der Waals surface area contributed by atoms with Crippen LogP contribution in [0.1, 0.15) is 15.9 Å². The smallest absolute Gasteiger partial charge is 0.264 e. The van der Waals surface area contributed by atoms with Gasteiger partial charge in [0, 0.05) is 22.6 Å². The van der Waals surface area contributed by atoms with Crippen LogP contribution in [0.5, 0.6) is 11.5 Å². The molecule has 0 unspecified atom stereocenters. The number of fused-ring (bicyclic) bond motifs is 1. The number of ether oxygens (including phenoxy) is 1. The summed E-state index contributed by atoms with van der Waals surface area (Å²) in [5, 5.41) is 3.25. The molecule has 0 atom stereocenters. The molecule has 4 aromatic carbocycles. The van der Waals surface area contributed by atoms with E-state index >= 15 is 0 Å². The average molecular weight is 624 g/mol. The number of nitrogens with zero attached hydrogens (tertiary/aromatic N) is 1. The molecule has 5 rings (SSSR count). The predicted molar refractivity (Wildman–Crippen MR) is 151 cm³/mol. The first-order valence-electron chi connectivity index (χ1n) is 11.9. The van der Waals surface area contributed by atoms with Gasteiger partial charge in [0.15, 0.2) is 11.6 Å². The van der Waals surface area contributed by atoms with Gasteiger partial charge in [0.05, 0.1) is 16.8 Å². The molecule has 0 aliphatic heterocycles. The fourth-order valence-corrected chi connectivity index (χ4v) is 5.59. The van der Waals surface area contributed by atoms with E-state index in [9.17, 15) is 22.0 Å². The van der Waals surface area contributed by atoms with Gasteiger partial charge in [-0.3, -0.25) is 14.5 Å². The molecule has 0 saturated heterocycles. The van der Waals surface area contributed by atoms with Crippen molar-refractivity contribution >= 4 is 48.5 Å². The second-order valence-corrected chi connectivity index (χ2v) is 11.2.